The Labute approximate surface area is 123 Å². The van der Waals surface area contributed by atoms with Gasteiger partial charge in [-0.1, -0.05) is 28.8 Å². The molecule has 1 unspecified atom stereocenters. The number of likely N-dealkylation sites (tertiary alicyclic amines) is 1. The molecule has 1 saturated heterocycles. The van der Waals surface area contributed by atoms with Gasteiger partial charge in [0, 0.05) is 30.7 Å². The van der Waals surface area contributed by atoms with E-state index in [1.54, 1.807) is 4.68 Å². The number of aromatic nitrogens is 2. The Morgan fingerprint density at radius 2 is 2.11 bits per heavy atom. The molecule has 1 aliphatic heterocycles. The first-order valence-electron chi connectivity index (χ1n) is 6.93. The minimum Gasteiger partial charge on any atom is -0.335 e. The molecule has 5 heteroatoms. The van der Waals surface area contributed by atoms with Crippen molar-refractivity contribution in [3.63, 3.8) is 0 Å². The minimum atomic E-state index is 0.148. The molecule has 0 saturated carbocycles. The molecule has 1 aliphatic rings. The van der Waals surface area contributed by atoms with Crippen molar-refractivity contribution < 1.29 is 4.79 Å². The zero-order valence-electron chi connectivity index (χ0n) is 11.9. The lowest BCUT2D eigenvalue weighted by Crippen LogP contribution is -2.41. The molecule has 1 amide bonds. The van der Waals surface area contributed by atoms with Gasteiger partial charge >= 0.3 is 0 Å². The highest BCUT2D eigenvalue weighted by atomic mass is 79.9. The molecule has 4 nitrogen and oxygen atoms in total. The van der Waals surface area contributed by atoms with Crippen molar-refractivity contribution in [3.05, 3.63) is 17.0 Å². The maximum atomic E-state index is 12.8. The average Bonchev–Trinajstić information content (AvgIpc) is 2.60. The van der Waals surface area contributed by atoms with Gasteiger partial charge in [0.2, 0.25) is 0 Å². The normalized spacial score (nSPS) is 20.4. The van der Waals surface area contributed by atoms with Gasteiger partial charge in [-0.3, -0.25) is 9.48 Å². The van der Waals surface area contributed by atoms with Crippen molar-refractivity contribution in [2.45, 2.75) is 45.6 Å². The Hall–Kier alpha value is -0.840. The lowest BCUT2D eigenvalue weighted by atomic mass is 10.1. The molecule has 1 aromatic heterocycles. The molecule has 0 radical (unpaired) electrons. The lowest BCUT2D eigenvalue weighted by Gasteiger charge is -2.29. The van der Waals surface area contributed by atoms with Gasteiger partial charge in [-0.05, 0) is 26.7 Å². The van der Waals surface area contributed by atoms with Crippen LogP contribution in [0.2, 0.25) is 0 Å². The first kappa shape index (κ1) is 14.6. The summed E-state index contributed by atoms with van der Waals surface area (Å²) in [7, 11) is 1.89. The third kappa shape index (κ3) is 2.86. The fourth-order valence-corrected chi connectivity index (χ4v) is 3.51. The van der Waals surface area contributed by atoms with Crippen LogP contribution in [-0.4, -0.2) is 38.5 Å². The third-order valence-corrected chi connectivity index (χ3v) is 4.79. The van der Waals surface area contributed by atoms with E-state index in [1.807, 2.05) is 25.8 Å². The molecule has 2 heterocycles. The van der Waals surface area contributed by atoms with Gasteiger partial charge in [0.15, 0.2) is 0 Å². The number of aryl methyl sites for hydroxylation is 2. The van der Waals surface area contributed by atoms with E-state index in [0.29, 0.717) is 6.04 Å². The van der Waals surface area contributed by atoms with Crippen LogP contribution in [0.4, 0.5) is 0 Å². The Bertz CT molecular complexity index is 470. The van der Waals surface area contributed by atoms with Gasteiger partial charge in [0.1, 0.15) is 0 Å². The summed E-state index contributed by atoms with van der Waals surface area (Å²) in [5, 5.41) is 5.22. The van der Waals surface area contributed by atoms with Gasteiger partial charge in [0.05, 0.1) is 11.3 Å². The number of hydrogen-bond donors (Lipinski definition) is 0. The Morgan fingerprint density at radius 1 is 1.37 bits per heavy atom. The van der Waals surface area contributed by atoms with E-state index in [2.05, 4.69) is 21.0 Å². The van der Waals surface area contributed by atoms with Gasteiger partial charge in [-0.2, -0.15) is 5.10 Å². The first-order valence-corrected chi connectivity index (χ1v) is 8.05. The van der Waals surface area contributed by atoms with Crippen LogP contribution in [0, 0.1) is 13.8 Å². The molecule has 19 heavy (non-hydrogen) atoms. The predicted octanol–water partition coefficient (Wildman–Crippen LogP) is 2.82. The van der Waals surface area contributed by atoms with E-state index in [4.69, 9.17) is 0 Å². The van der Waals surface area contributed by atoms with Crippen molar-refractivity contribution in [2.24, 2.45) is 7.05 Å². The summed E-state index contributed by atoms with van der Waals surface area (Å²) in [5.41, 5.74) is 2.58. The van der Waals surface area contributed by atoms with Crippen LogP contribution in [0.1, 0.15) is 47.4 Å². The van der Waals surface area contributed by atoms with Crippen molar-refractivity contribution in [1.29, 1.82) is 0 Å². The van der Waals surface area contributed by atoms with E-state index >= 15 is 0 Å². The largest absolute Gasteiger partial charge is 0.335 e. The second-order valence-electron chi connectivity index (χ2n) is 5.33. The number of amides is 1. The number of alkyl halides is 1. The van der Waals surface area contributed by atoms with Crippen LogP contribution in [0.15, 0.2) is 0 Å². The van der Waals surface area contributed by atoms with E-state index in [9.17, 15) is 4.79 Å². The second kappa shape index (κ2) is 6.07. The molecule has 1 aromatic rings. The van der Waals surface area contributed by atoms with E-state index in [0.717, 1.165) is 41.7 Å². The van der Waals surface area contributed by atoms with Gasteiger partial charge in [-0.15, -0.1) is 0 Å². The number of carbonyl (C=O) groups is 1. The number of rotatable bonds is 2. The quantitative estimate of drug-likeness (QED) is 0.783. The highest BCUT2D eigenvalue weighted by Gasteiger charge is 2.28. The molecular formula is C14H22BrN3O. The Kier molecular flexibility index (Phi) is 4.66. The van der Waals surface area contributed by atoms with Crippen molar-refractivity contribution >= 4 is 21.8 Å². The summed E-state index contributed by atoms with van der Waals surface area (Å²) in [6.45, 7) is 4.75. The summed E-state index contributed by atoms with van der Waals surface area (Å²) >= 11 is 3.55. The van der Waals surface area contributed by atoms with Crippen LogP contribution < -0.4 is 0 Å². The Balaban J connectivity index is 2.30. The maximum Gasteiger partial charge on any atom is 0.257 e. The third-order valence-electron chi connectivity index (χ3n) is 4.04. The predicted molar refractivity (Wildman–Crippen MR) is 79.8 cm³/mol. The van der Waals surface area contributed by atoms with Gasteiger partial charge < -0.3 is 4.90 Å². The van der Waals surface area contributed by atoms with E-state index in [1.165, 1.54) is 12.8 Å². The number of halogens is 1. The fraction of sp³-hybridized carbons (Fsp3) is 0.714. The van der Waals surface area contributed by atoms with Crippen LogP contribution in [0.3, 0.4) is 0 Å². The average molecular weight is 328 g/mol. The molecular weight excluding hydrogens is 306 g/mol. The molecule has 0 bridgehead atoms. The fourth-order valence-electron chi connectivity index (χ4n) is 2.83. The van der Waals surface area contributed by atoms with Crippen LogP contribution >= 0.6 is 15.9 Å². The zero-order chi connectivity index (χ0) is 14.0. The van der Waals surface area contributed by atoms with Crippen LogP contribution in [0.25, 0.3) is 0 Å². The highest BCUT2D eigenvalue weighted by molar-refractivity contribution is 9.09. The lowest BCUT2D eigenvalue weighted by molar-refractivity contribution is 0.0700. The SMILES string of the molecule is Cc1nn(C)c(C)c1C(=O)N1CCCCCC1CBr. The maximum absolute atomic E-state index is 12.8. The minimum absolute atomic E-state index is 0.148. The molecule has 0 N–H and O–H groups in total. The first-order chi connectivity index (χ1) is 9.06. The van der Waals surface area contributed by atoms with Crippen LogP contribution in [-0.2, 0) is 7.05 Å². The van der Waals surface area contributed by atoms with E-state index in [-0.39, 0.29) is 5.91 Å². The summed E-state index contributed by atoms with van der Waals surface area (Å²) in [5.74, 6) is 0.148. The topological polar surface area (TPSA) is 38.1 Å². The molecule has 0 spiro atoms. The zero-order valence-corrected chi connectivity index (χ0v) is 13.5. The molecule has 1 fully saturated rings. The standard InChI is InChI=1S/C14H22BrN3O/c1-10-13(11(2)17(3)16-10)14(19)18-8-6-4-5-7-12(18)9-15/h12H,4-9H2,1-3H3. The molecule has 0 aliphatic carbocycles. The van der Waals surface area contributed by atoms with E-state index < -0.39 is 0 Å². The monoisotopic (exact) mass is 327 g/mol. The summed E-state index contributed by atoms with van der Waals surface area (Å²) in [6.07, 6.45) is 4.63. The summed E-state index contributed by atoms with van der Waals surface area (Å²) < 4.78 is 1.80. The Morgan fingerprint density at radius 3 is 2.68 bits per heavy atom. The molecule has 2 rings (SSSR count). The second-order valence-corrected chi connectivity index (χ2v) is 5.97. The molecule has 0 aromatic carbocycles. The number of hydrogen-bond acceptors (Lipinski definition) is 2. The van der Waals surface area contributed by atoms with Crippen molar-refractivity contribution in [1.82, 2.24) is 14.7 Å². The van der Waals surface area contributed by atoms with Crippen LogP contribution in [0.5, 0.6) is 0 Å². The molecule has 106 valence electrons. The number of carbonyl (C=O) groups excluding carboxylic acids is 1. The van der Waals surface area contributed by atoms with Gasteiger partial charge in [-0.25, -0.2) is 0 Å². The molecule has 1 atom stereocenters. The summed E-state index contributed by atoms with van der Waals surface area (Å²) in [6, 6.07) is 0.314. The van der Waals surface area contributed by atoms with Crippen molar-refractivity contribution in [3.8, 4) is 0 Å². The summed E-state index contributed by atoms with van der Waals surface area (Å²) in [4.78, 5) is 14.9. The van der Waals surface area contributed by atoms with Crippen molar-refractivity contribution in [2.75, 3.05) is 11.9 Å². The highest BCUT2D eigenvalue weighted by Crippen LogP contribution is 2.23. The smallest absolute Gasteiger partial charge is 0.257 e. The number of nitrogens with zero attached hydrogens (tertiary/aromatic N) is 3. The van der Waals surface area contributed by atoms with Gasteiger partial charge in [0.25, 0.3) is 5.91 Å².